The van der Waals surface area contributed by atoms with Crippen molar-refractivity contribution in [1.82, 2.24) is 24.1 Å². The minimum atomic E-state index is 0.610. The van der Waals surface area contributed by atoms with Crippen LogP contribution in [0.3, 0.4) is 0 Å². The summed E-state index contributed by atoms with van der Waals surface area (Å²) in [4.78, 5) is 14.9. The van der Waals surface area contributed by atoms with Gasteiger partial charge in [-0.2, -0.15) is 0 Å². The van der Waals surface area contributed by atoms with Crippen LogP contribution in [0, 0.1) is 0 Å². The molecule has 57 heavy (non-hydrogen) atoms. The molecule has 0 radical (unpaired) electrons. The van der Waals surface area contributed by atoms with Gasteiger partial charge >= 0.3 is 0 Å². The van der Waals surface area contributed by atoms with Gasteiger partial charge in [-0.1, -0.05) is 115 Å². The Kier molecular flexibility index (Phi) is 6.83. The number of hydrogen-bond acceptors (Lipinski definition) is 4. The van der Waals surface area contributed by atoms with E-state index in [0.29, 0.717) is 17.5 Å². The van der Waals surface area contributed by atoms with E-state index in [-0.39, 0.29) is 0 Å². The molecule has 4 heterocycles. The lowest BCUT2D eigenvalue weighted by atomic mass is 10.1. The van der Waals surface area contributed by atoms with Crippen molar-refractivity contribution >= 4 is 65.6 Å². The highest BCUT2D eigenvalue weighted by atomic mass is 16.3. The minimum absolute atomic E-state index is 0.610. The van der Waals surface area contributed by atoms with Crippen LogP contribution in [-0.4, -0.2) is 24.1 Å². The first-order chi connectivity index (χ1) is 28.3. The number of rotatable bonds is 5. The normalized spacial score (nSPS) is 11.9. The van der Waals surface area contributed by atoms with Crippen molar-refractivity contribution in [2.24, 2.45) is 0 Å². The number of furan rings is 1. The molecule has 0 bridgehead atoms. The monoisotopic (exact) mass is 729 g/mol. The maximum Gasteiger partial charge on any atom is 0.164 e. The summed E-state index contributed by atoms with van der Waals surface area (Å²) >= 11 is 0. The molecule has 0 atom stereocenters. The quantitative estimate of drug-likeness (QED) is 0.177. The van der Waals surface area contributed by atoms with Crippen molar-refractivity contribution < 1.29 is 4.42 Å². The molecule has 0 spiro atoms. The van der Waals surface area contributed by atoms with E-state index in [9.17, 15) is 0 Å². The number of aromatic nitrogens is 5. The van der Waals surface area contributed by atoms with Gasteiger partial charge in [0.1, 0.15) is 11.2 Å². The summed E-state index contributed by atoms with van der Waals surface area (Å²) in [7, 11) is 0. The molecular formula is C51H31N5O. The van der Waals surface area contributed by atoms with Crippen LogP contribution in [0.1, 0.15) is 0 Å². The van der Waals surface area contributed by atoms with E-state index < -0.39 is 0 Å². The Bertz CT molecular complexity index is 3400. The molecule has 6 nitrogen and oxygen atoms in total. The van der Waals surface area contributed by atoms with Gasteiger partial charge in [-0.25, -0.2) is 15.0 Å². The molecule has 0 amide bonds. The molecule has 0 aliphatic rings. The fraction of sp³-hybridized carbons (Fsp3) is 0. The molecule has 0 aliphatic carbocycles. The van der Waals surface area contributed by atoms with Gasteiger partial charge in [-0.3, -0.25) is 0 Å². The molecule has 0 aliphatic heterocycles. The first-order valence-electron chi connectivity index (χ1n) is 19.1. The van der Waals surface area contributed by atoms with Gasteiger partial charge in [0.05, 0.1) is 27.5 Å². The number of nitrogens with zero attached hydrogens (tertiary/aromatic N) is 5. The van der Waals surface area contributed by atoms with E-state index >= 15 is 0 Å². The van der Waals surface area contributed by atoms with Crippen LogP contribution < -0.4 is 0 Å². The molecule has 12 rings (SSSR count). The van der Waals surface area contributed by atoms with Gasteiger partial charge in [-0.15, -0.1) is 0 Å². The molecule has 0 N–H and O–H groups in total. The molecule has 0 unspecified atom stereocenters. The first kappa shape index (κ1) is 31.5. The predicted molar refractivity (Wildman–Crippen MR) is 232 cm³/mol. The summed E-state index contributed by atoms with van der Waals surface area (Å²) in [5, 5.41) is 6.74. The van der Waals surface area contributed by atoms with E-state index in [0.717, 1.165) is 71.8 Å². The summed E-state index contributed by atoms with van der Waals surface area (Å²) in [6, 6.07) is 65.5. The van der Waals surface area contributed by atoms with Crippen LogP contribution in [0.15, 0.2) is 192 Å². The van der Waals surface area contributed by atoms with E-state index in [1.807, 2.05) is 72.8 Å². The fourth-order valence-electron chi connectivity index (χ4n) is 8.59. The van der Waals surface area contributed by atoms with Crippen LogP contribution >= 0.6 is 0 Å². The van der Waals surface area contributed by atoms with E-state index in [1.165, 1.54) is 21.8 Å². The standard InChI is InChI=1S/C51H31N5O/c1-4-14-32(15-5-1)49-52-50(33-16-6-2-7-17-33)54-51(53-49)34-24-29-46-41(30-34)39-27-28-44-47(48(39)57-46)40-26-25-36(31-45(40)55(44)35-18-8-3-9-19-35)56-42-22-12-10-20-37(42)38-21-11-13-23-43(38)56/h1-31H. The number of benzene rings is 8. The van der Waals surface area contributed by atoms with Crippen LogP contribution in [0.25, 0.3) is 111 Å². The smallest absolute Gasteiger partial charge is 0.164 e. The second kappa shape index (κ2) is 12.3. The van der Waals surface area contributed by atoms with E-state index in [2.05, 4.69) is 124 Å². The largest absolute Gasteiger partial charge is 0.455 e. The van der Waals surface area contributed by atoms with Crippen molar-refractivity contribution in [3.63, 3.8) is 0 Å². The highest BCUT2D eigenvalue weighted by Gasteiger charge is 2.21. The Morgan fingerprint density at radius 3 is 1.53 bits per heavy atom. The third-order valence-corrected chi connectivity index (χ3v) is 11.2. The zero-order chi connectivity index (χ0) is 37.5. The van der Waals surface area contributed by atoms with Crippen LogP contribution in [0.2, 0.25) is 0 Å². The zero-order valence-electron chi connectivity index (χ0n) is 30.5. The van der Waals surface area contributed by atoms with Crippen molar-refractivity contribution in [3.05, 3.63) is 188 Å². The summed E-state index contributed by atoms with van der Waals surface area (Å²) in [6.07, 6.45) is 0. The zero-order valence-corrected chi connectivity index (χ0v) is 30.5. The number of para-hydroxylation sites is 3. The van der Waals surface area contributed by atoms with Gasteiger partial charge in [0.2, 0.25) is 0 Å². The maximum atomic E-state index is 6.85. The molecule has 266 valence electrons. The molecule has 4 aromatic heterocycles. The van der Waals surface area contributed by atoms with Crippen molar-refractivity contribution in [1.29, 1.82) is 0 Å². The number of fused-ring (bicyclic) bond motifs is 10. The van der Waals surface area contributed by atoms with Crippen LogP contribution in [-0.2, 0) is 0 Å². The third-order valence-electron chi connectivity index (χ3n) is 11.2. The second-order valence-corrected chi connectivity index (χ2v) is 14.4. The molecule has 0 saturated carbocycles. The van der Waals surface area contributed by atoms with Crippen molar-refractivity contribution in [2.45, 2.75) is 0 Å². The van der Waals surface area contributed by atoms with E-state index in [4.69, 9.17) is 19.4 Å². The Hall–Kier alpha value is -7.83. The third kappa shape index (κ3) is 4.87. The summed E-state index contributed by atoms with van der Waals surface area (Å²) in [5.74, 6) is 1.87. The Morgan fingerprint density at radius 1 is 0.333 bits per heavy atom. The van der Waals surface area contributed by atoms with Crippen LogP contribution in [0.4, 0.5) is 0 Å². The molecule has 0 fully saturated rings. The SMILES string of the molecule is c1ccc(-c2nc(-c3ccccc3)nc(-c3ccc4oc5c(ccc6c5c5ccc(-n7c8ccccc8c8ccccc87)cc5n6-c5ccccc5)c4c3)n2)cc1. The van der Waals surface area contributed by atoms with Crippen LogP contribution in [0.5, 0.6) is 0 Å². The van der Waals surface area contributed by atoms with Crippen molar-refractivity contribution in [2.75, 3.05) is 0 Å². The van der Waals surface area contributed by atoms with Crippen molar-refractivity contribution in [3.8, 4) is 45.5 Å². The number of hydrogen-bond donors (Lipinski definition) is 0. The minimum Gasteiger partial charge on any atom is -0.455 e. The summed E-state index contributed by atoms with van der Waals surface area (Å²) in [6.45, 7) is 0. The average molecular weight is 730 g/mol. The molecule has 8 aromatic carbocycles. The Balaban J connectivity index is 1.09. The highest BCUT2D eigenvalue weighted by molar-refractivity contribution is 6.24. The van der Waals surface area contributed by atoms with Gasteiger partial charge in [0.15, 0.2) is 17.5 Å². The lowest BCUT2D eigenvalue weighted by Crippen LogP contribution is -2.00. The van der Waals surface area contributed by atoms with E-state index in [1.54, 1.807) is 0 Å². The van der Waals surface area contributed by atoms with Gasteiger partial charge in [-0.05, 0) is 72.8 Å². The molecule has 6 heteroatoms. The fourth-order valence-corrected chi connectivity index (χ4v) is 8.59. The molecular weight excluding hydrogens is 699 g/mol. The maximum absolute atomic E-state index is 6.85. The topological polar surface area (TPSA) is 61.7 Å². The predicted octanol–water partition coefficient (Wildman–Crippen LogP) is 13.0. The van der Waals surface area contributed by atoms with Gasteiger partial charge in [0.25, 0.3) is 0 Å². The van der Waals surface area contributed by atoms with Gasteiger partial charge in [0, 0.05) is 55.0 Å². The Labute approximate surface area is 326 Å². The molecule has 12 aromatic rings. The first-order valence-corrected chi connectivity index (χ1v) is 19.1. The highest BCUT2D eigenvalue weighted by Crippen LogP contribution is 2.43. The summed E-state index contributed by atoms with van der Waals surface area (Å²) < 4.78 is 11.6. The van der Waals surface area contributed by atoms with Gasteiger partial charge < -0.3 is 13.6 Å². The Morgan fingerprint density at radius 2 is 0.877 bits per heavy atom. The lowest BCUT2D eigenvalue weighted by molar-refractivity contribution is 0.673. The lowest BCUT2D eigenvalue weighted by Gasteiger charge is -2.11. The molecule has 0 saturated heterocycles. The second-order valence-electron chi connectivity index (χ2n) is 14.4. The summed E-state index contributed by atoms with van der Waals surface area (Å²) in [5.41, 5.74) is 11.2. The average Bonchev–Trinajstić information content (AvgIpc) is 3.94.